The fraction of sp³-hybridized carbons (Fsp3) is 0.167. The number of hydrogen-bond donors (Lipinski definition) is 1. The molecule has 43 heavy (non-hydrogen) atoms. The second-order valence-corrected chi connectivity index (χ2v) is 11.6. The van der Waals surface area contributed by atoms with Crippen molar-refractivity contribution < 1.29 is 38.1 Å². The van der Waals surface area contributed by atoms with Crippen LogP contribution in [0, 0.1) is 5.82 Å². The first-order chi connectivity index (χ1) is 20.8. The zero-order valence-corrected chi connectivity index (χ0v) is 24.1. The number of aliphatic hydroxyl groups is 1. The zero-order chi connectivity index (χ0) is 30.1. The molecule has 4 aromatic rings. The third kappa shape index (κ3) is 5.56. The summed E-state index contributed by atoms with van der Waals surface area (Å²) in [5, 5.41) is 20.0. The van der Waals surface area contributed by atoms with Crippen LogP contribution in [0.1, 0.15) is 33.1 Å². The van der Waals surface area contributed by atoms with Crippen molar-refractivity contribution in [3.63, 3.8) is 0 Å². The number of methoxy groups -OCH3 is 1. The highest BCUT2D eigenvalue weighted by molar-refractivity contribution is 8.00. The number of nitrogens with zero attached hydrogens (tertiary/aromatic N) is 3. The number of thioether (sulfide) groups is 1. The van der Waals surface area contributed by atoms with Gasteiger partial charge in [0.15, 0.2) is 15.8 Å². The van der Waals surface area contributed by atoms with E-state index in [2.05, 4.69) is 10.2 Å². The van der Waals surface area contributed by atoms with E-state index in [9.17, 15) is 23.9 Å². The van der Waals surface area contributed by atoms with E-state index < -0.39 is 29.5 Å². The van der Waals surface area contributed by atoms with Gasteiger partial charge in [-0.2, -0.15) is 0 Å². The van der Waals surface area contributed by atoms with Crippen LogP contribution in [0.25, 0.3) is 5.76 Å². The zero-order valence-electron chi connectivity index (χ0n) is 22.5. The van der Waals surface area contributed by atoms with E-state index in [-0.39, 0.29) is 27.6 Å². The minimum atomic E-state index is -1.08. The molecule has 3 heterocycles. The van der Waals surface area contributed by atoms with Gasteiger partial charge in [-0.3, -0.25) is 14.5 Å². The number of ketones is 1. The first kappa shape index (κ1) is 28.4. The van der Waals surface area contributed by atoms with Crippen molar-refractivity contribution >= 4 is 51.6 Å². The number of aromatic nitrogens is 2. The summed E-state index contributed by atoms with van der Waals surface area (Å²) in [6.45, 7) is 0.712. The number of halogens is 1. The number of amides is 1. The molecule has 1 aromatic heterocycles. The number of carbonyl (C=O) groups excluding carboxylic acids is 3. The molecule has 0 aliphatic carbocycles. The van der Waals surface area contributed by atoms with E-state index in [0.29, 0.717) is 40.4 Å². The largest absolute Gasteiger partial charge is 0.507 e. The van der Waals surface area contributed by atoms with Gasteiger partial charge in [0.1, 0.15) is 24.8 Å². The Morgan fingerprint density at radius 2 is 1.72 bits per heavy atom. The van der Waals surface area contributed by atoms with E-state index in [1.165, 1.54) is 48.0 Å². The second-order valence-electron chi connectivity index (χ2n) is 9.41. The highest BCUT2D eigenvalue weighted by Gasteiger charge is 2.48. The number of ether oxygens (including phenoxy) is 3. The van der Waals surface area contributed by atoms with E-state index in [1.54, 1.807) is 42.5 Å². The van der Waals surface area contributed by atoms with Gasteiger partial charge in [-0.25, -0.2) is 9.18 Å². The summed E-state index contributed by atoms with van der Waals surface area (Å²) in [5.41, 5.74) is 1.68. The Hall–Kier alpha value is -4.75. The monoisotopic (exact) mass is 619 g/mol. The first-order valence-electron chi connectivity index (χ1n) is 12.9. The van der Waals surface area contributed by atoms with Crippen LogP contribution < -0.4 is 14.4 Å². The Kier molecular flexibility index (Phi) is 7.82. The number of rotatable bonds is 7. The predicted molar refractivity (Wildman–Crippen MR) is 156 cm³/mol. The summed E-state index contributed by atoms with van der Waals surface area (Å²) in [7, 11) is 1.26. The Morgan fingerprint density at radius 1 is 1.02 bits per heavy atom. The number of aliphatic hydroxyl groups excluding tert-OH is 1. The number of anilines is 1. The van der Waals surface area contributed by atoms with E-state index in [4.69, 9.17) is 14.2 Å². The van der Waals surface area contributed by atoms with Crippen LogP contribution in [0.4, 0.5) is 9.52 Å². The molecule has 13 heteroatoms. The predicted octanol–water partition coefficient (Wildman–Crippen LogP) is 5.15. The molecule has 3 aromatic carbocycles. The molecule has 2 aliphatic rings. The topological polar surface area (TPSA) is 128 Å². The molecule has 0 bridgehead atoms. The minimum absolute atomic E-state index is 0.145. The van der Waals surface area contributed by atoms with Gasteiger partial charge in [0.05, 0.1) is 24.3 Å². The SMILES string of the molecule is COC(=O)c1ccc(C2C(=C(O)c3ccc4c(c3)OCCO4)C(=O)C(=O)N2c2nnc(SCc3ccc(F)cc3)s2)cc1. The number of benzene rings is 3. The van der Waals surface area contributed by atoms with Crippen LogP contribution in [-0.2, 0) is 20.1 Å². The maximum absolute atomic E-state index is 13.5. The van der Waals surface area contributed by atoms with Crippen LogP contribution in [0.5, 0.6) is 11.5 Å². The standard InChI is InChI=1S/C30H22FN3O7S2/c1-39-28(38)18-6-4-17(5-7-18)24-23(25(35)19-8-11-21-22(14-19)41-13-12-40-21)26(36)27(37)34(24)29-32-33-30(43-29)42-15-16-2-9-20(31)10-3-16/h2-11,14,24,35H,12-13,15H2,1H3. The Labute approximate surface area is 252 Å². The van der Waals surface area contributed by atoms with Crippen molar-refractivity contribution in [3.8, 4) is 11.5 Å². The summed E-state index contributed by atoms with van der Waals surface area (Å²) < 4.78 is 29.8. The molecule has 1 N–H and O–H groups in total. The van der Waals surface area contributed by atoms with Gasteiger partial charge in [0.2, 0.25) is 5.13 Å². The molecule has 0 radical (unpaired) electrons. The molecular formula is C30H22FN3O7S2. The fourth-order valence-electron chi connectivity index (χ4n) is 4.69. The minimum Gasteiger partial charge on any atom is -0.507 e. The van der Waals surface area contributed by atoms with Gasteiger partial charge in [0, 0.05) is 11.3 Å². The number of Topliss-reactive ketones (excluding diaryl/α,β-unsaturated/α-hetero) is 1. The summed E-state index contributed by atoms with van der Waals surface area (Å²) in [5.74, 6) is -1.72. The molecule has 2 aliphatic heterocycles. The van der Waals surface area contributed by atoms with Crippen molar-refractivity contribution in [1.82, 2.24) is 10.2 Å². The smallest absolute Gasteiger partial charge is 0.337 e. The van der Waals surface area contributed by atoms with Crippen LogP contribution in [0.3, 0.4) is 0 Å². The van der Waals surface area contributed by atoms with E-state index >= 15 is 0 Å². The molecule has 1 unspecified atom stereocenters. The summed E-state index contributed by atoms with van der Waals surface area (Å²) in [6.07, 6.45) is 0. The number of hydrogen-bond acceptors (Lipinski definition) is 11. The highest BCUT2D eigenvalue weighted by Crippen LogP contribution is 2.45. The Morgan fingerprint density at radius 3 is 2.44 bits per heavy atom. The fourth-order valence-corrected chi connectivity index (χ4v) is 6.52. The lowest BCUT2D eigenvalue weighted by atomic mass is 9.94. The maximum atomic E-state index is 13.5. The third-order valence-corrected chi connectivity index (χ3v) is 8.91. The maximum Gasteiger partial charge on any atom is 0.337 e. The van der Waals surface area contributed by atoms with E-state index in [0.717, 1.165) is 16.9 Å². The lowest BCUT2D eigenvalue weighted by Gasteiger charge is -2.23. The molecule has 0 spiro atoms. The van der Waals surface area contributed by atoms with Gasteiger partial charge < -0.3 is 19.3 Å². The second kappa shape index (κ2) is 11.9. The van der Waals surface area contributed by atoms with Crippen molar-refractivity contribution in [3.05, 3.63) is 100 Å². The highest BCUT2D eigenvalue weighted by atomic mass is 32.2. The van der Waals surface area contributed by atoms with Gasteiger partial charge >= 0.3 is 11.9 Å². The molecular weight excluding hydrogens is 597 g/mol. The van der Waals surface area contributed by atoms with Crippen LogP contribution in [0.2, 0.25) is 0 Å². The van der Waals surface area contributed by atoms with Gasteiger partial charge in [0.25, 0.3) is 5.78 Å². The molecule has 218 valence electrons. The Balaban J connectivity index is 1.39. The average molecular weight is 620 g/mol. The Bertz CT molecular complexity index is 1760. The quantitative estimate of drug-likeness (QED) is 0.0741. The molecule has 10 nitrogen and oxygen atoms in total. The van der Waals surface area contributed by atoms with Crippen molar-refractivity contribution in [1.29, 1.82) is 0 Å². The van der Waals surface area contributed by atoms with Gasteiger partial charge in [-0.15, -0.1) is 10.2 Å². The lowest BCUT2D eigenvalue weighted by molar-refractivity contribution is -0.132. The molecule has 1 saturated heterocycles. The third-order valence-electron chi connectivity index (χ3n) is 6.79. The molecule has 1 amide bonds. The number of carbonyl (C=O) groups is 3. The number of esters is 1. The lowest BCUT2D eigenvalue weighted by Crippen LogP contribution is -2.29. The number of fused-ring (bicyclic) bond motifs is 1. The molecule has 1 atom stereocenters. The van der Waals surface area contributed by atoms with Crippen molar-refractivity contribution in [2.24, 2.45) is 0 Å². The molecule has 6 rings (SSSR count). The molecule has 0 saturated carbocycles. The van der Waals surface area contributed by atoms with Crippen LogP contribution >= 0.6 is 23.1 Å². The average Bonchev–Trinajstić information content (AvgIpc) is 3.61. The molecule has 1 fully saturated rings. The van der Waals surface area contributed by atoms with Crippen LogP contribution in [0.15, 0.2) is 76.6 Å². The summed E-state index contributed by atoms with van der Waals surface area (Å²) in [4.78, 5) is 40.3. The first-order valence-corrected chi connectivity index (χ1v) is 14.7. The summed E-state index contributed by atoms with van der Waals surface area (Å²) in [6, 6.07) is 15.9. The van der Waals surface area contributed by atoms with Crippen molar-refractivity contribution in [2.45, 2.75) is 16.1 Å². The van der Waals surface area contributed by atoms with Gasteiger partial charge in [-0.1, -0.05) is 47.4 Å². The summed E-state index contributed by atoms with van der Waals surface area (Å²) >= 11 is 2.45. The van der Waals surface area contributed by atoms with Crippen molar-refractivity contribution in [2.75, 3.05) is 25.2 Å². The van der Waals surface area contributed by atoms with Gasteiger partial charge in [-0.05, 0) is 53.6 Å². The van der Waals surface area contributed by atoms with Crippen LogP contribution in [-0.4, -0.2) is 53.3 Å². The normalized spacial score (nSPS) is 17.3. The van der Waals surface area contributed by atoms with E-state index in [1.807, 2.05) is 0 Å².